The first-order chi connectivity index (χ1) is 8.86. The molecule has 1 saturated heterocycles. The molecular formula is C14H18N4. The van der Waals surface area contributed by atoms with Gasteiger partial charge in [-0.25, -0.2) is 4.98 Å². The number of benzene rings is 1. The summed E-state index contributed by atoms with van der Waals surface area (Å²) in [4.78, 5) is 11.5. The van der Waals surface area contributed by atoms with Crippen LogP contribution in [-0.4, -0.2) is 36.1 Å². The first kappa shape index (κ1) is 11.4. The predicted octanol–water partition coefficient (Wildman–Crippen LogP) is 1.82. The minimum absolute atomic E-state index is 0.562. The summed E-state index contributed by atoms with van der Waals surface area (Å²) in [6.45, 7) is 2.09. The van der Waals surface area contributed by atoms with Crippen LogP contribution in [-0.2, 0) is 0 Å². The van der Waals surface area contributed by atoms with E-state index in [1.807, 2.05) is 37.5 Å². The van der Waals surface area contributed by atoms with Gasteiger partial charge >= 0.3 is 0 Å². The van der Waals surface area contributed by atoms with Crippen LogP contribution in [0.3, 0.4) is 0 Å². The fourth-order valence-corrected chi connectivity index (χ4v) is 2.52. The van der Waals surface area contributed by atoms with Gasteiger partial charge in [-0.3, -0.25) is 4.98 Å². The molecule has 0 radical (unpaired) electrons. The monoisotopic (exact) mass is 242 g/mol. The van der Waals surface area contributed by atoms with Gasteiger partial charge in [0, 0.05) is 19.1 Å². The Labute approximate surface area is 107 Å². The lowest BCUT2D eigenvalue weighted by atomic mass is 10.1. The van der Waals surface area contributed by atoms with Crippen LogP contribution in [0.15, 0.2) is 30.5 Å². The Bertz CT molecular complexity index is 540. The normalized spacial score (nSPS) is 20.3. The molecule has 1 aliphatic rings. The zero-order chi connectivity index (χ0) is 12.4. The Balaban J connectivity index is 1.89. The average Bonchev–Trinajstić information content (AvgIpc) is 2.47. The zero-order valence-electron chi connectivity index (χ0n) is 10.6. The van der Waals surface area contributed by atoms with Crippen molar-refractivity contribution in [3.63, 3.8) is 0 Å². The SMILES string of the molecule is CN[C@H]1CCCN(c2cnc3ccccc3n2)C1. The van der Waals surface area contributed by atoms with Crippen LogP contribution in [0.2, 0.25) is 0 Å². The van der Waals surface area contributed by atoms with Gasteiger partial charge in [0.1, 0.15) is 5.82 Å². The van der Waals surface area contributed by atoms with Crippen molar-refractivity contribution >= 4 is 16.9 Å². The average molecular weight is 242 g/mol. The van der Waals surface area contributed by atoms with E-state index in [1.165, 1.54) is 12.8 Å². The van der Waals surface area contributed by atoms with E-state index in [0.29, 0.717) is 6.04 Å². The standard InChI is InChI=1S/C14H18N4/c1-15-11-5-4-8-18(10-11)14-9-16-12-6-2-3-7-13(12)17-14/h2-3,6-7,9,11,15H,4-5,8,10H2,1H3/t11-/m0/s1. The van der Waals surface area contributed by atoms with E-state index in [9.17, 15) is 0 Å². The van der Waals surface area contributed by atoms with E-state index in [2.05, 4.69) is 15.2 Å². The quantitative estimate of drug-likeness (QED) is 0.872. The fraction of sp³-hybridized carbons (Fsp3) is 0.429. The van der Waals surface area contributed by atoms with Crippen LogP contribution in [0.4, 0.5) is 5.82 Å². The van der Waals surface area contributed by atoms with Crippen LogP contribution in [0.25, 0.3) is 11.0 Å². The Kier molecular flexibility index (Phi) is 3.11. The number of rotatable bonds is 2. The summed E-state index contributed by atoms with van der Waals surface area (Å²) in [6.07, 6.45) is 4.34. The first-order valence-corrected chi connectivity index (χ1v) is 6.51. The van der Waals surface area contributed by atoms with Crippen molar-refractivity contribution in [2.24, 2.45) is 0 Å². The molecule has 0 saturated carbocycles. The van der Waals surface area contributed by atoms with Crippen molar-refractivity contribution in [2.45, 2.75) is 18.9 Å². The molecule has 3 rings (SSSR count). The molecule has 1 aliphatic heterocycles. The summed E-state index contributed by atoms with van der Waals surface area (Å²) < 4.78 is 0. The molecule has 1 fully saturated rings. The van der Waals surface area contributed by atoms with Gasteiger partial charge in [0.15, 0.2) is 0 Å². The lowest BCUT2D eigenvalue weighted by Gasteiger charge is -2.33. The van der Waals surface area contributed by atoms with Gasteiger partial charge in [-0.05, 0) is 32.0 Å². The molecule has 0 aliphatic carbocycles. The maximum absolute atomic E-state index is 4.70. The Morgan fingerprint density at radius 2 is 2.11 bits per heavy atom. The Morgan fingerprint density at radius 3 is 2.94 bits per heavy atom. The number of aromatic nitrogens is 2. The Hall–Kier alpha value is -1.68. The van der Waals surface area contributed by atoms with Gasteiger partial charge in [0.2, 0.25) is 0 Å². The topological polar surface area (TPSA) is 41.0 Å². The zero-order valence-corrected chi connectivity index (χ0v) is 10.6. The Morgan fingerprint density at radius 1 is 1.28 bits per heavy atom. The minimum Gasteiger partial charge on any atom is -0.354 e. The number of hydrogen-bond donors (Lipinski definition) is 1. The van der Waals surface area contributed by atoms with Crippen molar-refractivity contribution in [3.8, 4) is 0 Å². The third kappa shape index (κ3) is 2.16. The molecule has 0 amide bonds. The van der Waals surface area contributed by atoms with E-state index < -0.39 is 0 Å². The van der Waals surface area contributed by atoms with E-state index in [1.54, 1.807) is 0 Å². The highest BCUT2D eigenvalue weighted by atomic mass is 15.2. The maximum Gasteiger partial charge on any atom is 0.147 e. The molecule has 0 spiro atoms. The summed E-state index contributed by atoms with van der Waals surface area (Å²) in [5.41, 5.74) is 1.94. The first-order valence-electron chi connectivity index (χ1n) is 6.51. The molecule has 4 heteroatoms. The van der Waals surface area contributed by atoms with E-state index in [4.69, 9.17) is 4.98 Å². The number of hydrogen-bond acceptors (Lipinski definition) is 4. The highest BCUT2D eigenvalue weighted by Gasteiger charge is 2.19. The minimum atomic E-state index is 0.562. The van der Waals surface area contributed by atoms with E-state index in [-0.39, 0.29) is 0 Å². The van der Waals surface area contributed by atoms with Crippen LogP contribution >= 0.6 is 0 Å². The predicted molar refractivity (Wildman–Crippen MR) is 73.8 cm³/mol. The van der Waals surface area contributed by atoms with Gasteiger partial charge < -0.3 is 10.2 Å². The van der Waals surface area contributed by atoms with Gasteiger partial charge in [-0.1, -0.05) is 12.1 Å². The molecule has 4 nitrogen and oxygen atoms in total. The number of likely N-dealkylation sites (N-methyl/N-ethyl adjacent to an activating group) is 1. The molecule has 1 atom stereocenters. The van der Waals surface area contributed by atoms with Crippen LogP contribution in [0, 0.1) is 0 Å². The van der Waals surface area contributed by atoms with E-state index >= 15 is 0 Å². The lowest BCUT2D eigenvalue weighted by Crippen LogP contribution is -2.44. The number of para-hydroxylation sites is 2. The fourth-order valence-electron chi connectivity index (χ4n) is 2.52. The number of fused-ring (bicyclic) bond motifs is 1. The molecule has 2 aromatic rings. The molecule has 2 heterocycles. The number of nitrogens with zero attached hydrogens (tertiary/aromatic N) is 3. The lowest BCUT2D eigenvalue weighted by molar-refractivity contribution is 0.447. The number of piperidine rings is 1. The smallest absolute Gasteiger partial charge is 0.147 e. The summed E-state index contributed by atoms with van der Waals surface area (Å²) in [6, 6.07) is 8.58. The molecule has 18 heavy (non-hydrogen) atoms. The maximum atomic E-state index is 4.70. The van der Waals surface area contributed by atoms with E-state index in [0.717, 1.165) is 29.9 Å². The van der Waals surface area contributed by atoms with Crippen molar-refractivity contribution in [1.82, 2.24) is 15.3 Å². The molecule has 0 unspecified atom stereocenters. The molecule has 1 aromatic carbocycles. The van der Waals surface area contributed by atoms with Crippen LogP contribution < -0.4 is 10.2 Å². The third-order valence-corrected chi connectivity index (χ3v) is 3.59. The summed E-state index contributed by atoms with van der Waals surface area (Å²) in [5, 5.41) is 3.35. The number of nitrogens with one attached hydrogen (secondary N) is 1. The van der Waals surface area contributed by atoms with Crippen molar-refractivity contribution in [1.29, 1.82) is 0 Å². The number of anilines is 1. The summed E-state index contributed by atoms with van der Waals surface area (Å²) in [5.74, 6) is 0.994. The molecule has 1 N–H and O–H groups in total. The third-order valence-electron chi connectivity index (χ3n) is 3.59. The molecule has 94 valence electrons. The van der Waals surface area contributed by atoms with Gasteiger partial charge in [-0.15, -0.1) is 0 Å². The van der Waals surface area contributed by atoms with Gasteiger partial charge in [0.05, 0.1) is 17.2 Å². The highest BCUT2D eigenvalue weighted by Crippen LogP contribution is 2.19. The highest BCUT2D eigenvalue weighted by molar-refractivity contribution is 5.75. The van der Waals surface area contributed by atoms with Crippen molar-refractivity contribution < 1.29 is 0 Å². The molecule has 0 bridgehead atoms. The summed E-state index contributed by atoms with van der Waals surface area (Å²) >= 11 is 0. The molecular weight excluding hydrogens is 224 g/mol. The largest absolute Gasteiger partial charge is 0.354 e. The second-order valence-electron chi connectivity index (χ2n) is 4.79. The second-order valence-corrected chi connectivity index (χ2v) is 4.79. The summed E-state index contributed by atoms with van der Waals surface area (Å²) in [7, 11) is 2.03. The van der Waals surface area contributed by atoms with Crippen molar-refractivity contribution in [3.05, 3.63) is 30.5 Å². The second kappa shape index (κ2) is 4.90. The van der Waals surface area contributed by atoms with Gasteiger partial charge in [-0.2, -0.15) is 0 Å². The van der Waals surface area contributed by atoms with Gasteiger partial charge in [0.25, 0.3) is 0 Å². The van der Waals surface area contributed by atoms with Crippen LogP contribution in [0.5, 0.6) is 0 Å². The van der Waals surface area contributed by atoms with Crippen molar-refractivity contribution in [2.75, 3.05) is 25.0 Å². The molecule has 1 aromatic heterocycles. The van der Waals surface area contributed by atoms with Crippen LogP contribution in [0.1, 0.15) is 12.8 Å².